The second kappa shape index (κ2) is 5.80. The van der Waals surface area contributed by atoms with Crippen molar-refractivity contribution < 1.29 is 9.53 Å². The molecule has 0 bridgehead atoms. The Morgan fingerprint density at radius 1 is 1.25 bits per heavy atom. The molecule has 0 aromatic heterocycles. The first-order chi connectivity index (χ1) is 7.84. The predicted molar refractivity (Wildman–Crippen MR) is 63.1 cm³/mol. The molecule has 0 unspecified atom stereocenters. The first kappa shape index (κ1) is 11.3. The fourth-order valence-corrected chi connectivity index (χ4v) is 1.70. The highest BCUT2D eigenvalue weighted by molar-refractivity contribution is 5.79. The Kier molecular flexibility index (Phi) is 4.11. The van der Waals surface area contributed by atoms with Gasteiger partial charge in [-0.3, -0.25) is 4.79 Å². The summed E-state index contributed by atoms with van der Waals surface area (Å²) in [5.74, 6) is 1.07. The van der Waals surface area contributed by atoms with Crippen molar-refractivity contribution in [2.75, 3.05) is 6.61 Å². The van der Waals surface area contributed by atoms with Gasteiger partial charge in [-0.2, -0.15) is 0 Å². The van der Waals surface area contributed by atoms with Gasteiger partial charge in [0.15, 0.2) is 5.78 Å². The van der Waals surface area contributed by atoms with Crippen LogP contribution in [0.2, 0.25) is 0 Å². The van der Waals surface area contributed by atoms with E-state index in [9.17, 15) is 4.79 Å². The van der Waals surface area contributed by atoms with Gasteiger partial charge >= 0.3 is 0 Å². The number of ketones is 1. The van der Waals surface area contributed by atoms with Crippen molar-refractivity contribution in [3.63, 3.8) is 0 Å². The Morgan fingerprint density at radius 2 is 2.00 bits per heavy atom. The lowest BCUT2D eigenvalue weighted by Gasteiger charge is -2.03. The second-order valence-corrected chi connectivity index (χ2v) is 4.50. The quantitative estimate of drug-likeness (QED) is 0.703. The van der Waals surface area contributed by atoms with E-state index in [1.54, 1.807) is 0 Å². The molecule has 0 amide bonds. The third-order valence-corrected chi connectivity index (χ3v) is 2.90. The molecule has 0 aliphatic heterocycles. The Hall–Kier alpha value is -1.15. The summed E-state index contributed by atoms with van der Waals surface area (Å²) in [4.78, 5) is 11.4. The summed E-state index contributed by atoms with van der Waals surface area (Å²) in [7, 11) is 0. The summed E-state index contributed by atoms with van der Waals surface area (Å²) in [5, 5.41) is 0. The van der Waals surface area contributed by atoms with Crippen LogP contribution in [0.1, 0.15) is 31.2 Å². The number of benzene rings is 1. The van der Waals surface area contributed by atoms with E-state index in [0.29, 0.717) is 13.0 Å². The maximum absolute atomic E-state index is 11.4. The fraction of sp³-hybridized carbons (Fsp3) is 0.500. The molecule has 1 saturated carbocycles. The molecular weight excluding hydrogens is 200 g/mol. The van der Waals surface area contributed by atoms with Crippen LogP contribution in [-0.2, 0) is 16.1 Å². The Balaban J connectivity index is 1.58. The second-order valence-electron chi connectivity index (χ2n) is 4.50. The molecule has 2 nitrogen and oxygen atoms in total. The lowest BCUT2D eigenvalue weighted by molar-refractivity contribution is -0.124. The zero-order chi connectivity index (χ0) is 11.2. The average molecular weight is 218 g/mol. The van der Waals surface area contributed by atoms with Crippen molar-refractivity contribution in [2.24, 2.45) is 5.92 Å². The predicted octanol–water partition coefficient (Wildman–Crippen LogP) is 2.96. The van der Waals surface area contributed by atoms with E-state index in [2.05, 4.69) is 0 Å². The van der Waals surface area contributed by atoms with Crippen LogP contribution >= 0.6 is 0 Å². The molecule has 16 heavy (non-hydrogen) atoms. The summed E-state index contributed by atoms with van der Waals surface area (Å²) in [6, 6.07) is 9.95. The maximum atomic E-state index is 11.4. The lowest BCUT2D eigenvalue weighted by Crippen LogP contribution is -2.08. The molecule has 1 aliphatic carbocycles. The minimum Gasteiger partial charge on any atom is -0.369 e. The van der Waals surface area contributed by atoms with Gasteiger partial charge in [-0.15, -0.1) is 0 Å². The van der Waals surface area contributed by atoms with Crippen LogP contribution in [-0.4, -0.2) is 12.4 Å². The van der Waals surface area contributed by atoms with Crippen molar-refractivity contribution in [1.29, 1.82) is 0 Å². The van der Waals surface area contributed by atoms with Crippen LogP contribution in [0.5, 0.6) is 0 Å². The largest absolute Gasteiger partial charge is 0.369 e. The van der Waals surface area contributed by atoms with E-state index in [1.807, 2.05) is 30.3 Å². The highest BCUT2D eigenvalue weighted by atomic mass is 16.5. The summed E-state index contributed by atoms with van der Waals surface area (Å²) < 4.78 is 5.38. The topological polar surface area (TPSA) is 26.3 Å². The number of Topliss-reactive ketones (excluding diaryl/α,β-unsaturated/α-hetero) is 1. The highest BCUT2D eigenvalue weighted by Crippen LogP contribution is 2.33. The minimum absolute atomic E-state index is 0.239. The van der Waals surface area contributed by atoms with E-state index in [0.717, 1.165) is 17.9 Å². The molecule has 1 aromatic rings. The van der Waals surface area contributed by atoms with Crippen LogP contribution in [0, 0.1) is 5.92 Å². The van der Waals surface area contributed by atoms with Crippen molar-refractivity contribution >= 4 is 5.78 Å². The molecule has 0 spiro atoms. The maximum Gasteiger partial charge on any atom is 0.158 e. The summed E-state index contributed by atoms with van der Waals surface area (Å²) >= 11 is 0. The van der Waals surface area contributed by atoms with Crippen LogP contribution in [0.25, 0.3) is 0 Å². The van der Waals surface area contributed by atoms with E-state index < -0.39 is 0 Å². The third-order valence-electron chi connectivity index (χ3n) is 2.90. The van der Waals surface area contributed by atoms with Crippen molar-refractivity contribution in [1.82, 2.24) is 0 Å². The van der Waals surface area contributed by atoms with E-state index in [4.69, 9.17) is 4.74 Å². The van der Waals surface area contributed by atoms with Crippen LogP contribution in [0.3, 0.4) is 0 Å². The number of carbonyl (C=O) groups excluding carboxylic acids is 1. The van der Waals surface area contributed by atoms with Gasteiger partial charge in [0.05, 0.1) is 6.61 Å². The van der Waals surface area contributed by atoms with Crippen LogP contribution in [0.15, 0.2) is 30.3 Å². The first-order valence-corrected chi connectivity index (χ1v) is 5.98. The van der Waals surface area contributed by atoms with Crippen LogP contribution in [0.4, 0.5) is 0 Å². The molecule has 86 valence electrons. The molecule has 1 fully saturated rings. The molecule has 1 aromatic carbocycles. The number of rotatable bonds is 7. The van der Waals surface area contributed by atoms with Crippen molar-refractivity contribution in [3.8, 4) is 0 Å². The minimum atomic E-state index is 0.239. The Bertz CT molecular complexity index is 328. The van der Waals surface area contributed by atoms with Crippen molar-refractivity contribution in [3.05, 3.63) is 35.9 Å². The lowest BCUT2D eigenvalue weighted by atomic mass is 10.2. The van der Waals surface area contributed by atoms with E-state index in [-0.39, 0.29) is 12.4 Å². The van der Waals surface area contributed by atoms with Gasteiger partial charge in [-0.25, -0.2) is 0 Å². The third kappa shape index (κ3) is 4.15. The van der Waals surface area contributed by atoms with Gasteiger partial charge in [0.25, 0.3) is 0 Å². The molecule has 0 radical (unpaired) electrons. The molecule has 2 rings (SSSR count). The monoisotopic (exact) mass is 218 g/mol. The Morgan fingerprint density at radius 3 is 2.69 bits per heavy atom. The zero-order valence-corrected chi connectivity index (χ0v) is 9.52. The summed E-state index contributed by atoms with van der Waals surface area (Å²) in [6.45, 7) is 0.803. The number of carbonyl (C=O) groups is 1. The van der Waals surface area contributed by atoms with Gasteiger partial charge in [-0.1, -0.05) is 43.2 Å². The van der Waals surface area contributed by atoms with Gasteiger partial charge in [-0.05, 0) is 17.9 Å². The summed E-state index contributed by atoms with van der Waals surface area (Å²) in [5.41, 5.74) is 1.12. The molecule has 1 aliphatic rings. The van der Waals surface area contributed by atoms with E-state index in [1.165, 1.54) is 12.8 Å². The average Bonchev–Trinajstić information content (AvgIpc) is 3.12. The van der Waals surface area contributed by atoms with Gasteiger partial charge in [0.2, 0.25) is 0 Å². The molecule has 0 saturated heterocycles. The normalized spacial score (nSPS) is 15.0. The number of hydrogen-bond acceptors (Lipinski definition) is 2. The molecule has 0 atom stereocenters. The SMILES string of the molecule is O=C(CCC1CC1)COCc1ccccc1. The standard InChI is InChI=1S/C14H18O2/c15-14(9-8-12-6-7-12)11-16-10-13-4-2-1-3-5-13/h1-5,12H,6-11H2. The number of ether oxygens (including phenoxy) is 1. The van der Waals surface area contributed by atoms with E-state index >= 15 is 0 Å². The highest BCUT2D eigenvalue weighted by Gasteiger charge is 2.21. The first-order valence-electron chi connectivity index (χ1n) is 5.98. The smallest absolute Gasteiger partial charge is 0.158 e. The van der Waals surface area contributed by atoms with Crippen molar-refractivity contribution in [2.45, 2.75) is 32.3 Å². The van der Waals surface area contributed by atoms with Gasteiger partial charge < -0.3 is 4.74 Å². The Labute approximate surface area is 96.6 Å². The van der Waals surface area contributed by atoms with Gasteiger partial charge in [0, 0.05) is 6.42 Å². The molecular formula is C14H18O2. The summed E-state index contributed by atoms with van der Waals surface area (Å²) in [6.07, 6.45) is 4.39. The van der Waals surface area contributed by atoms with Crippen LogP contribution < -0.4 is 0 Å². The molecule has 2 heteroatoms. The molecule has 0 N–H and O–H groups in total. The van der Waals surface area contributed by atoms with Gasteiger partial charge in [0.1, 0.15) is 6.61 Å². The molecule has 0 heterocycles. The number of hydrogen-bond donors (Lipinski definition) is 0. The fourth-order valence-electron chi connectivity index (χ4n) is 1.70. The zero-order valence-electron chi connectivity index (χ0n) is 9.52.